The summed E-state index contributed by atoms with van der Waals surface area (Å²) in [7, 11) is 0. The van der Waals surface area contributed by atoms with E-state index in [0.717, 1.165) is 52.5 Å². The van der Waals surface area contributed by atoms with E-state index < -0.39 is 0 Å². The van der Waals surface area contributed by atoms with Crippen LogP contribution in [0.4, 0.5) is 0 Å². The molecular weight excluding hydrogens is 374 g/mol. The Kier molecular flexibility index (Phi) is 5.39. The van der Waals surface area contributed by atoms with E-state index in [9.17, 15) is 14.4 Å². The molecule has 4 aromatic rings. The topological polar surface area (TPSA) is 64.1 Å². The first-order chi connectivity index (χ1) is 14.7. The minimum Gasteiger partial charge on any atom is -0.298 e. The maximum atomic E-state index is 11.0. The van der Waals surface area contributed by atoms with Gasteiger partial charge in [0.25, 0.3) is 0 Å². The number of carbonyl (C=O) groups excluding carboxylic acids is 3. The summed E-state index contributed by atoms with van der Waals surface area (Å²) in [6.07, 6.45) is 2.43. The molecule has 4 nitrogen and oxygen atoms in total. The molecule has 0 spiro atoms. The van der Waals surface area contributed by atoms with E-state index in [1.54, 1.807) is 36.4 Å². The fraction of sp³-hybridized carbons (Fsp3) is 0. The molecule has 0 aliphatic rings. The first-order valence-corrected chi connectivity index (χ1v) is 9.39. The number of aldehydes is 3. The minimum absolute atomic E-state index is 0.601. The van der Waals surface area contributed by atoms with E-state index in [1.807, 2.05) is 48.5 Å². The average molecular weight is 391 g/mol. The Balaban J connectivity index is 1.86. The summed E-state index contributed by atoms with van der Waals surface area (Å²) in [5.41, 5.74) is 7.02. The predicted molar refractivity (Wildman–Crippen MR) is 117 cm³/mol. The van der Waals surface area contributed by atoms with Gasteiger partial charge in [0.1, 0.15) is 18.9 Å². The normalized spacial score (nSPS) is 10.4. The SMILES string of the molecule is O=Cc1ccc(-c2cc(-c3ccc(C=O)cc3)nc(-c3ccc(C=O)cc3)c2)cc1. The lowest BCUT2D eigenvalue weighted by molar-refractivity contribution is 0.111. The highest BCUT2D eigenvalue weighted by atomic mass is 16.1. The van der Waals surface area contributed by atoms with Crippen LogP contribution in [0.25, 0.3) is 33.6 Å². The van der Waals surface area contributed by atoms with E-state index in [2.05, 4.69) is 0 Å². The van der Waals surface area contributed by atoms with Gasteiger partial charge in [0, 0.05) is 27.8 Å². The van der Waals surface area contributed by atoms with Crippen LogP contribution in [-0.4, -0.2) is 23.8 Å². The second-order valence-corrected chi connectivity index (χ2v) is 6.85. The van der Waals surface area contributed by atoms with Gasteiger partial charge in [-0.25, -0.2) is 4.98 Å². The number of pyridine rings is 1. The number of hydrogen-bond donors (Lipinski definition) is 0. The summed E-state index contributed by atoms with van der Waals surface area (Å²) < 4.78 is 0. The Bertz CT molecular complexity index is 1040. The fourth-order valence-electron chi connectivity index (χ4n) is 3.21. The molecule has 4 rings (SSSR count). The van der Waals surface area contributed by atoms with Crippen LogP contribution in [0, 0.1) is 0 Å². The van der Waals surface area contributed by atoms with E-state index in [0.29, 0.717) is 16.7 Å². The van der Waals surface area contributed by atoms with Gasteiger partial charge in [0.05, 0.1) is 11.4 Å². The summed E-state index contributed by atoms with van der Waals surface area (Å²) in [5.74, 6) is 0. The van der Waals surface area contributed by atoms with Gasteiger partial charge in [-0.1, -0.05) is 72.8 Å². The largest absolute Gasteiger partial charge is 0.298 e. The van der Waals surface area contributed by atoms with Crippen LogP contribution in [0.1, 0.15) is 31.1 Å². The lowest BCUT2D eigenvalue weighted by Crippen LogP contribution is -1.92. The third-order valence-electron chi connectivity index (χ3n) is 4.89. The number of carbonyl (C=O) groups is 3. The standard InChI is InChI=1S/C26H17NO3/c28-15-18-1-7-21(8-2-18)24-13-25(22-9-3-19(16-29)4-10-22)27-26(14-24)23-11-5-20(17-30)6-12-23/h1-17H. The van der Waals surface area contributed by atoms with Gasteiger partial charge < -0.3 is 0 Å². The summed E-state index contributed by atoms with van der Waals surface area (Å²) in [5, 5.41) is 0. The molecular formula is C26H17NO3. The molecule has 1 aromatic heterocycles. The first-order valence-electron chi connectivity index (χ1n) is 9.39. The third kappa shape index (κ3) is 3.98. The van der Waals surface area contributed by atoms with Crippen LogP contribution in [0.2, 0.25) is 0 Å². The van der Waals surface area contributed by atoms with Crippen molar-refractivity contribution < 1.29 is 14.4 Å². The summed E-state index contributed by atoms with van der Waals surface area (Å²) in [6.45, 7) is 0. The highest BCUT2D eigenvalue weighted by Crippen LogP contribution is 2.30. The van der Waals surface area contributed by atoms with Crippen molar-refractivity contribution in [1.29, 1.82) is 0 Å². The average Bonchev–Trinajstić information content (AvgIpc) is 2.84. The second-order valence-electron chi connectivity index (χ2n) is 6.85. The Hall–Kier alpha value is -4.18. The van der Waals surface area contributed by atoms with Crippen molar-refractivity contribution in [3.8, 4) is 33.6 Å². The zero-order valence-electron chi connectivity index (χ0n) is 16.0. The van der Waals surface area contributed by atoms with Crippen LogP contribution < -0.4 is 0 Å². The van der Waals surface area contributed by atoms with Gasteiger partial charge in [0.15, 0.2) is 0 Å². The van der Waals surface area contributed by atoms with Crippen molar-refractivity contribution in [1.82, 2.24) is 4.98 Å². The Morgan fingerprint density at radius 2 is 0.767 bits per heavy atom. The molecule has 0 saturated carbocycles. The Labute approximate surface area is 173 Å². The van der Waals surface area contributed by atoms with Gasteiger partial charge in [-0.2, -0.15) is 0 Å². The molecule has 1 heterocycles. The van der Waals surface area contributed by atoms with Crippen LogP contribution in [0.5, 0.6) is 0 Å². The van der Waals surface area contributed by atoms with Crippen molar-refractivity contribution in [2.45, 2.75) is 0 Å². The van der Waals surface area contributed by atoms with E-state index in [4.69, 9.17) is 4.98 Å². The van der Waals surface area contributed by atoms with Crippen molar-refractivity contribution >= 4 is 18.9 Å². The van der Waals surface area contributed by atoms with Gasteiger partial charge in [0.2, 0.25) is 0 Å². The quantitative estimate of drug-likeness (QED) is 0.406. The maximum absolute atomic E-state index is 11.0. The monoisotopic (exact) mass is 391 g/mol. The smallest absolute Gasteiger partial charge is 0.150 e. The minimum atomic E-state index is 0.601. The molecule has 0 aliphatic carbocycles. The molecule has 0 unspecified atom stereocenters. The molecule has 144 valence electrons. The second kappa shape index (κ2) is 8.45. The van der Waals surface area contributed by atoms with Gasteiger partial charge in [-0.3, -0.25) is 14.4 Å². The maximum Gasteiger partial charge on any atom is 0.150 e. The van der Waals surface area contributed by atoms with Gasteiger partial charge in [-0.05, 0) is 23.3 Å². The Morgan fingerprint density at radius 3 is 1.10 bits per heavy atom. The zero-order valence-corrected chi connectivity index (χ0v) is 16.0. The summed E-state index contributed by atoms with van der Waals surface area (Å²) in [6, 6.07) is 25.8. The van der Waals surface area contributed by atoms with E-state index in [-0.39, 0.29) is 0 Å². The molecule has 0 fully saturated rings. The van der Waals surface area contributed by atoms with Crippen molar-refractivity contribution in [3.63, 3.8) is 0 Å². The molecule has 4 heteroatoms. The fourth-order valence-corrected chi connectivity index (χ4v) is 3.21. The lowest BCUT2D eigenvalue weighted by Gasteiger charge is -2.11. The highest BCUT2D eigenvalue weighted by molar-refractivity contribution is 5.82. The Morgan fingerprint density at radius 1 is 0.433 bits per heavy atom. The van der Waals surface area contributed by atoms with Crippen LogP contribution in [0.3, 0.4) is 0 Å². The molecule has 3 aromatic carbocycles. The van der Waals surface area contributed by atoms with Crippen LogP contribution in [0.15, 0.2) is 84.9 Å². The molecule has 0 bridgehead atoms. The number of aromatic nitrogens is 1. The number of hydrogen-bond acceptors (Lipinski definition) is 4. The van der Waals surface area contributed by atoms with E-state index in [1.165, 1.54) is 0 Å². The molecule has 0 saturated heterocycles. The number of rotatable bonds is 6. The van der Waals surface area contributed by atoms with Crippen molar-refractivity contribution in [3.05, 3.63) is 102 Å². The molecule has 0 aliphatic heterocycles. The lowest BCUT2D eigenvalue weighted by atomic mass is 9.98. The van der Waals surface area contributed by atoms with Crippen molar-refractivity contribution in [2.24, 2.45) is 0 Å². The van der Waals surface area contributed by atoms with Gasteiger partial charge in [-0.15, -0.1) is 0 Å². The van der Waals surface area contributed by atoms with E-state index >= 15 is 0 Å². The predicted octanol–water partition coefficient (Wildman–Crippen LogP) is 5.52. The number of benzene rings is 3. The molecule has 0 radical (unpaired) electrons. The van der Waals surface area contributed by atoms with Crippen molar-refractivity contribution in [2.75, 3.05) is 0 Å². The first kappa shape index (κ1) is 19.2. The molecule has 30 heavy (non-hydrogen) atoms. The highest BCUT2D eigenvalue weighted by Gasteiger charge is 2.09. The summed E-state index contributed by atoms with van der Waals surface area (Å²) in [4.78, 5) is 37.7. The number of nitrogens with zero attached hydrogens (tertiary/aromatic N) is 1. The van der Waals surface area contributed by atoms with Crippen LogP contribution >= 0.6 is 0 Å². The van der Waals surface area contributed by atoms with Gasteiger partial charge >= 0.3 is 0 Å². The zero-order chi connectivity index (χ0) is 20.9. The third-order valence-corrected chi connectivity index (χ3v) is 4.89. The molecule has 0 amide bonds. The molecule has 0 N–H and O–H groups in total. The summed E-state index contributed by atoms with van der Waals surface area (Å²) >= 11 is 0. The van der Waals surface area contributed by atoms with Crippen LogP contribution in [-0.2, 0) is 0 Å². The molecule has 0 atom stereocenters.